The van der Waals surface area contributed by atoms with Crippen molar-refractivity contribution in [2.75, 3.05) is 31.1 Å². The summed E-state index contributed by atoms with van der Waals surface area (Å²) in [4.78, 5) is 21.4. The first-order valence-electron chi connectivity index (χ1n) is 12.2. The number of aryl methyl sites for hydroxylation is 2. The summed E-state index contributed by atoms with van der Waals surface area (Å²) in [6.07, 6.45) is 0. The van der Waals surface area contributed by atoms with Gasteiger partial charge in [0, 0.05) is 37.4 Å². The van der Waals surface area contributed by atoms with Gasteiger partial charge in [0.25, 0.3) is 5.56 Å². The Balaban J connectivity index is 1.58. The van der Waals surface area contributed by atoms with Gasteiger partial charge in [-0.15, -0.1) is 5.10 Å². The number of hydrogen-bond donors (Lipinski definition) is 1. The number of anilines is 1. The minimum Gasteiger partial charge on any atom is -0.369 e. The maximum atomic E-state index is 13.6. The third kappa shape index (κ3) is 4.34. The van der Waals surface area contributed by atoms with Crippen molar-refractivity contribution in [1.29, 1.82) is 0 Å². The minimum absolute atomic E-state index is 0.0925. The molecule has 2 aromatic heterocycles. The number of para-hydroxylation sites is 1. The smallest absolute Gasteiger partial charge is 0.253 e. The van der Waals surface area contributed by atoms with Crippen LogP contribution in [0.1, 0.15) is 49.3 Å². The number of hydrogen-bond acceptors (Lipinski definition) is 6. The fourth-order valence-electron chi connectivity index (χ4n) is 4.96. The predicted molar refractivity (Wildman–Crippen MR) is 139 cm³/mol. The van der Waals surface area contributed by atoms with Gasteiger partial charge in [0.05, 0.1) is 11.1 Å². The molecule has 1 aliphatic heterocycles. The highest BCUT2D eigenvalue weighted by Crippen LogP contribution is 2.31. The van der Waals surface area contributed by atoms with Gasteiger partial charge in [-0.1, -0.05) is 30.3 Å². The number of rotatable bonds is 4. The van der Waals surface area contributed by atoms with Crippen molar-refractivity contribution >= 4 is 16.6 Å². The molecule has 0 saturated carbocycles. The highest BCUT2D eigenvalue weighted by molar-refractivity contribution is 5.83. The molecule has 1 N–H and O–H groups in total. The van der Waals surface area contributed by atoms with E-state index in [2.05, 4.69) is 94.4 Å². The molecule has 2 aromatic carbocycles. The van der Waals surface area contributed by atoms with E-state index in [0.29, 0.717) is 11.4 Å². The van der Waals surface area contributed by atoms with Crippen LogP contribution >= 0.6 is 0 Å². The van der Waals surface area contributed by atoms with Crippen LogP contribution in [0, 0.1) is 13.8 Å². The molecule has 0 spiro atoms. The van der Waals surface area contributed by atoms with Gasteiger partial charge in [-0.3, -0.25) is 9.69 Å². The van der Waals surface area contributed by atoms with E-state index in [0.717, 1.165) is 48.2 Å². The Morgan fingerprint density at radius 1 is 0.971 bits per heavy atom. The van der Waals surface area contributed by atoms with Gasteiger partial charge >= 0.3 is 0 Å². The molecule has 8 nitrogen and oxygen atoms in total. The number of aromatic nitrogens is 5. The van der Waals surface area contributed by atoms with Crippen molar-refractivity contribution in [2.24, 2.45) is 0 Å². The second kappa shape index (κ2) is 8.92. The maximum Gasteiger partial charge on any atom is 0.253 e. The standard InChI is InChI=1S/C27H33N7O/c1-18-11-12-20-17-22(26(35)28-23(20)19(18)2)24(25-29-30-31-34(25)27(3,4)5)33-15-13-32(14-16-33)21-9-7-6-8-10-21/h6-12,17,24H,13-16H2,1-5H3,(H,28,35). The van der Waals surface area contributed by atoms with E-state index in [1.165, 1.54) is 5.69 Å². The predicted octanol–water partition coefficient (Wildman–Crippen LogP) is 3.80. The molecule has 1 unspecified atom stereocenters. The number of pyridine rings is 1. The fraction of sp³-hybridized carbons (Fsp3) is 0.407. The molecule has 0 amide bonds. The van der Waals surface area contributed by atoms with Crippen LogP contribution in [0.4, 0.5) is 5.69 Å². The normalized spacial score (nSPS) is 16.1. The number of nitrogens with one attached hydrogen (secondary N) is 1. The molecule has 1 aliphatic rings. The van der Waals surface area contributed by atoms with Crippen LogP contribution in [0.5, 0.6) is 0 Å². The zero-order valence-corrected chi connectivity index (χ0v) is 21.1. The largest absolute Gasteiger partial charge is 0.369 e. The number of H-pyrrole nitrogens is 1. The van der Waals surface area contributed by atoms with Crippen molar-refractivity contribution in [1.82, 2.24) is 30.1 Å². The highest BCUT2D eigenvalue weighted by atomic mass is 16.1. The average molecular weight is 472 g/mol. The van der Waals surface area contributed by atoms with E-state index in [4.69, 9.17) is 0 Å². The lowest BCUT2D eigenvalue weighted by atomic mass is 9.99. The summed E-state index contributed by atoms with van der Waals surface area (Å²) in [5.41, 5.74) is 4.63. The number of piperazine rings is 1. The van der Waals surface area contributed by atoms with E-state index >= 15 is 0 Å². The Bertz CT molecular complexity index is 1390. The third-order valence-electron chi connectivity index (χ3n) is 7.05. The summed E-state index contributed by atoms with van der Waals surface area (Å²) in [6.45, 7) is 13.7. The van der Waals surface area contributed by atoms with Gasteiger partial charge in [0.2, 0.25) is 0 Å². The van der Waals surface area contributed by atoms with Crippen LogP contribution in [0.25, 0.3) is 10.9 Å². The molecule has 1 saturated heterocycles. The van der Waals surface area contributed by atoms with E-state index in [1.54, 1.807) is 0 Å². The summed E-state index contributed by atoms with van der Waals surface area (Å²) in [6, 6.07) is 16.3. The van der Waals surface area contributed by atoms with Crippen molar-refractivity contribution in [3.05, 3.63) is 81.4 Å². The first-order chi connectivity index (χ1) is 16.7. The van der Waals surface area contributed by atoms with Gasteiger partial charge in [0.1, 0.15) is 6.04 Å². The number of fused-ring (bicyclic) bond motifs is 1. The molecule has 0 aliphatic carbocycles. The topological polar surface area (TPSA) is 82.9 Å². The quantitative estimate of drug-likeness (QED) is 0.488. The third-order valence-corrected chi connectivity index (χ3v) is 7.05. The lowest BCUT2D eigenvalue weighted by Gasteiger charge is -2.40. The second-order valence-corrected chi connectivity index (χ2v) is 10.4. The number of tetrazole rings is 1. The van der Waals surface area contributed by atoms with E-state index < -0.39 is 0 Å². The summed E-state index contributed by atoms with van der Waals surface area (Å²) in [7, 11) is 0. The lowest BCUT2D eigenvalue weighted by Crippen LogP contribution is -2.49. The van der Waals surface area contributed by atoms with Crippen molar-refractivity contribution < 1.29 is 0 Å². The van der Waals surface area contributed by atoms with Crippen LogP contribution in [0.2, 0.25) is 0 Å². The monoisotopic (exact) mass is 471 g/mol. The molecule has 0 bridgehead atoms. The molecule has 4 aromatic rings. The Kier molecular flexibility index (Phi) is 5.92. The highest BCUT2D eigenvalue weighted by Gasteiger charge is 2.35. The van der Waals surface area contributed by atoms with E-state index in [-0.39, 0.29) is 17.1 Å². The number of benzene rings is 2. The number of nitrogens with zero attached hydrogens (tertiary/aromatic N) is 6. The Morgan fingerprint density at radius 3 is 2.37 bits per heavy atom. The van der Waals surface area contributed by atoms with E-state index in [9.17, 15) is 4.79 Å². The molecular formula is C27H33N7O. The van der Waals surface area contributed by atoms with Crippen molar-refractivity contribution in [2.45, 2.75) is 46.2 Å². The SMILES string of the molecule is Cc1ccc2cc(C(c3nnnn3C(C)(C)C)N3CCN(c4ccccc4)CC3)c(=O)[nH]c2c1C. The second-order valence-electron chi connectivity index (χ2n) is 10.4. The number of aromatic amines is 1. The molecule has 8 heteroatoms. The summed E-state index contributed by atoms with van der Waals surface area (Å²) < 4.78 is 1.85. The Morgan fingerprint density at radius 2 is 1.69 bits per heavy atom. The summed E-state index contributed by atoms with van der Waals surface area (Å²) >= 11 is 0. The molecular weight excluding hydrogens is 438 g/mol. The van der Waals surface area contributed by atoms with Gasteiger partial charge in [-0.25, -0.2) is 4.68 Å². The van der Waals surface area contributed by atoms with Crippen LogP contribution in [0.3, 0.4) is 0 Å². The van der Waals surface area contributed by atoms with Crippen molar-refractivity contribution in [3.8, 4) is 0 Å². The van der Waals surface area contributed by atoms with Crippen LogP contribution in [-0.4, -0.2) is 56.3 Å². The molecule has 182 valence electrons. The Hall–Kier alpha value is -3.52. The first kappa shape index (κ1) is 23.2. The van der Waals surface area contributed by atoms with Crippen LogP contribution < -0.4 is 10.5 Å². The maximum absolute atomic E-state index is 13.6. The van der Waals surface area contributed by atoms with Gasteiger partial charge < -0.3 is 9.88 Å². The lowest BCUT2D eigenvalue weighted by molar-refractivity contribution is 0.190. The first-order valence-corrected chi connectivity index (χ1v) is 12.2. The van der Waals surface area contributed by atoms with Gasteiger partial charge in [-0.2, -0.15) is 0 Å². The average Bonchev–Trinajstić information content (AvgIpc) is 3.34. The molecule has 1 atom stereocenters. The molecule has 35 heavy (non-hydrogen) atoms. The summed E-state index contributed by atoms with van der Waals surface area (Å²) in [5.74, 6) is 0.694. The molecule has 1 fully saturated rings. The fourth-order valence-corrected chi connectivity index (χ4v) is 4.96. The molecule has 0 radical (unpaired) electrons. The van der Waals surface area contributed by atoms with Crippen LogP contribution in [0.15, 0.2) is 53.3 Å². The van der Waals surface area contributed by atoms with Gasteiger partial charge in [-0.05, 0) is 79.8 Å². The van der Waals surface area contributed by atoms with Crippen molar-refractivity contribution in [3.63, 3.8) is 0 Å². The Labute approximate surface area is 205 Å². The zero-order chi connectivity index (χ0) is 24.7. The van der Waals surface area contributed by atoms with E-state index in [1.807, 2.05) is 23.7 Å². The molecule has 3 heterocycles. The van der Waals surface area contributed by atoms with Gasteiger partial charge in [0.15, 0.2) is 5.82 Å². The minimum atomic E-state index is -0.350. The summed E-state index contributed by atoms with van der Waals surface area (Å²) in [5, 5.41) is 13.8. The van der Waals surface area contributed by atoms with Crippen LogP contribution in [-0.2, 0) is 5.54 Å². The zero-order valence-electron chi connectivity index (χ0n) is 21.1. The molecule has 5 rings (SSSR count).